The molecule has 2 aliphatic rings. The molecule has 0 radical (unpaired) electrons. The van der Waals surface area contributed by atoms with Gasteiger partial charge in [-0.25, -0.2) is 0 Å². The molecule has 4 aromatic rings. The lowest BCUT2D eigenvalue weighted by molar-refractivity contribution is -0.139. The van der Waals surface area contributed by atoms with E-state index in [1.54, 1.807) is 92.0 Å². The Labute approximate surface area is 270 Å². The summed E-state index contributed by atoms with van der Waals surface area (Å²) < 4.78 is 27.1. The van der Waals surface area contributed by atoms with E-state index in [2.05, 4.69) is 5.32 Å². The van der Waals surface area contributed by atoms with Crippen molar-refractivity contribution < 1.29 is 42.9 Å². The van der Waals surface area contributed by atoms with Crippen LogP contribution in [0.2, 0.25) is 0 Å². The van der Waals surface area contributed by atoms with Crippen LogP contribution < -0.4 is 33.9 Å². The number of nitrogens with one attached hydrogen (secondary N) is 1. The van der Waals surface area contributed by atoms with Gasteiger partial charge in [-0.2, -0.15) is 0 Å². The predicted molar refractivity (Wildman–Crippen MR) is 170 cm³/mol. The van der Waals surface area contributed by atoms with Crippen molar-refractivity contribution in [2.45, 2.75) is 12.6 Å². The van der Waals surface area contributed by atoms with Gasteiger partial charge < -0.3 is 33.9 Å². The van der Waals surface area contributed by atoms with Crippen molar-refractivity contribution in [2.24, 2.45) is 0 Å². The van der Waals surface area contributed by atoms with Crippen LogP contribution in [-0.2, 0) is 20.9 Å². The van der Waals surface area contributed by atoms with Crippen LogP contribution >= 0.6 is 0 Å². The second-order valence-electron chi connectivity index (χ2n) is 10.7. The monoisotopic (exact) mass is 637 g/mol. The molecule has 0 aliphatic carbocycles. The summed E-state index contributed by atoms with van der Waals surface area (Å²) in [5, 5.41) is 2.91. The predicted octanol–water partition coefficient (Wildman–Crippen LogP) is 4.38. The summed E-state index contributed by atoms with van der Waals surface area (Å²) in [5.41, 5.74) is 2.05. The smallest absolute Gasteiger partial charge is 0.299 e. The maximum atomic E-state index is 14.4. The number of fused-ring (bicyclic) bond motifs is 2. The first kappa shape index (κ1) is 31.0. The minimum Gasteiger partial charge on any atom is -0.497 e. The van der Waals surface area contributed by atoms with E-state index in [4.69, 9.17) is 23.7 Å². The van der Waals surface area contributed by atoms with Gasteiger partial charge in [0.2, 0.25) is 12.7 Å². The molecule has 0 spiro atoms. The molecule has 6 rings (SSSR count). The van der Waals surface area contributed by atoms with E-state index in [0.29, 0.717) is 51.2 Å². The number of ketones is 1. The third-order valence-electron chi connectivity index (χ3n) is 7.93. The topological polar surface area (TPSA) is 133 Å². The molecule has 2 aliphatic heterocycles. The van der Waals surface area contributed by atoms with Crippen LogP contribution in [0.1, 0.15) is 27.5 Å². The molecule has 12 heteroatoms. The van der Waals surface area contributed by atoms with Crippen LogP contribution in [0.25, 0.3) is 0 Å². The Kier molecular flexibility index (Phi) is 8.65. The molecule has 240 valence electrons. The normalized spacial score (nSPS) is 13.6. The van der Waals surface area contributed by atoms with Crippen molar-refractivity contribution in [3.63, 3.8) is 0 Å². The van der Waals surface area contributed by atoms with Crippen LogP contribution in [0.3, 0.4) is 0 Å². The van der Waals surface area contributed by atoms with Crippen molar-refractivity contribution in [2.75, 3.05) is 44.9 Å². The van der Waals surface area contributed by atoms with Gasteiger partial charge in [0.25, 0.3) is 17.6 Å². The number of ether oxygens (including phenoxy) is 5. The van der Waals surface area contributed by atoms with Crippen molar-refractivity contribution >= 4 is 34.9 Å². The molecule has 12 nitrogen and oxygen atoms in total. The number of benzene rings is 4. The van der Waals surface area contributed by atoms with E-state index in [1.807, 2.05) is 0 Å². The molecular formula is C35H31N3O9. The van der Waals surface area contributed by atoms with E-state index in [1.165, 1.54) is 19.1 Å². The van der Waals surface area contributed by atoms with E-state index in [-0.39, 0.29) is 18.9 Å². The van der Waals surface area contributed by atoms with Gasteiger partial charge in [0.1, 0.15) is 18.3 Å². The lowest BCUT2D eigenvalue weighted by atomic mass is 10.0. The van der Waals surface area contributed by atoms with E-state index >= 15 is 0 Å². The molecule has 4 aromatic carbocycles. The van der Waals surface area contributed by atoms with Gasteiger partial charge in [-0.05, 0) is 59.7 Å². The summed E-state index contributed by atoms with van der Waals surface area (Å²) in [6.07, 6.45) is 0. The molecule has 3 amide bonds. The van der Waals surface area contributed by atoms with Crippen molar-refractivity contribution in [1.29, 1.82) is 0 Å². The average molecular weight is 638 g/mol. The fourth-order valence-corrected chi connectivity index (χ4v) is 5.56. The molecule has 0 saturated heterocycles. The molecule has 1 atom stereocenters. The van der Waals surface area contributed by atoms with Crippen LogP contribution in [0.15, 0.2) is 84.9 Å². The van der Waals surface area contributed by atoms with Crippen molar-refractivity contribution in [1.82, 2.24) is 4.90 Å². The lowest BCUT2D eigenvalue weighted by Crippen LogP contribution is -2.46. The largest absolute Gasteiger partial charge is 0.497 e. The van der Waals surface area contributed by atoms with Gasteiger partial charge in [0.15, 0.2) is 23.0 Å². The molecule has 0 aromatic heterocycles. The first-order valence-electron chi connectivity index (χ1n) is 14.6. The van der Waals surface area contributed by atoms with E-state index in [9.17, 15) is 19.2 Å². The Morgan fingerprint density at radius 1 is 0.851 bits per heavy atom. The summed E-state index contributed by atoms with van der Waals surface area (Å²) in [5.74, 6) is -0.270. The number of nitrogens with zero attached hydrogens (tertiary/aromatic N) is 2. The highest BCUT2D eigenvalue weighted by Gasteiger charge is 2.39. The number of methoxy groups -OCH3 is 3. The number of hydrogen-bond donors (Lipinski definition) is 1. The number of anilines is 2. The standard InChI is InChI=1S/C35H31N3O9/c1-43-24-12-8-21(9-13-24)18-38(31(39)19-37-26-7-5-4-6-25(26)33(40)35(37)42)32(22-10-14-27(44-2)29(16-22)45-3)34(41)36-23-11-15-28-30(17-23)47-20-46-28/h4-17,32H,18-20H2,1-3H3,(H,36,41)/t32-/m1/s1. The third kappa shape index (κ3) is 6.12. The number of carbonyl (C=O) groups excluding carboxylic acids is 4. The van der Waals surface area contributed by atoms with Gasteiger partial charge >= 0.3 is 0 Å². The molecule has 0 bridgehead atoms. The SMILES string of the molecule is COc1ccc(CN(C(=O)CN2C(=O)C(=O)c3ccccc32)[C@@H](C(=O)Nc2ccc3c(c2)OCO3)c2ccc(OC)c(OC)c2)cc1. The zero-order valence-electron chi connectivity index (χ0n) is 25.9. The van der Waals surface area contributed by atoms with Crippen molar-refractivity contribution in [3.05, 3.63) is 102 Å². The zero-order chi connectivity index (χ0) is 33.1. The number of para-hydroxylation sites is 1. The molecular weight excluding hydrogens is 606 g/mol. The highest BCUT2D eigenvalue weighted by molar-refractivity contribution is 6.52. The summed E-state index contributed by atoms with van der Waals surface area (Å²) in [7, 11) is 4.51. The number of hydrogen-bond acceptors (Lipinski definition) is 9. The van der Waals surface area contributed by atoms with Crippen LogP contribution in [-0.4, -0.2) is 63.1 Å². The Morgan fingerprint density at radius 3 is 2.34 bits per heavy atom. The zero-order valence-corrected chi connectivity index (χ0v) is 25.9. The van der Waals surface area contributed by atoms with E-state index in [0.717, 1.165) is 4.90 Å². The van der Waals surface area contributed by atoms with Gasteiger partial charge in [0, 0.05) is 18.3 Å². The molecule has 1 N–H and O–H groups in total. The second kappa shape index (κ2) is 13.1. The Hall–Kier alpha value is -6.04. The van der Waals surface area contributed by atoms with Gasteiger partial charge in [-0.3, -0.25) is 24.1 Å². The number of Topliss-reactive ketones (excluding diaryl/α,β-unsaturated/α-hetero) is 1. The molecule has 0 unspecified atom stereocenters. The van der Waals surface area contributed by atoms with Crippen molar-refractivity contribution in [3.8, 4) is 28.7 Å². The average Bonchev–Trinajstić information content (AvgIpc) is 3.66. The first-order chi connectivity index (χ1) is 22.8. The summed E-state index contributed by atoms with van der Waals surface area (Å²) in [6, 6.07) is 22.2. The fourth-order valence-electron chi connectivity index (χ4n) is 5.56. The number of amides is 3. The molecule has 0 saturated carbocycles. The quantitative estimate of drug-likeness (QED) is 0.238. The highest BCUT2D eigenvalue weighted by atomic mass is 16.7. The fraction of sp³-hybridized carbons (Fsp3) is 0.200. The Balaban J connectivity index is 1.42. The molecule has 0 fully saturated rings. The summed E-state index contributed by atoms with van der Waals surface area (Å²) in [4.78, 5) is 57.1. The maximum absolute atomic E-state index is 14.4. The number of rotatable bonds is 11. The Morgan fingerprint density at radius 2 is 1.60 bits per heavy atom. The summed E-state index contributed by atoms with van der Waals surface area (Å²) >= 11 is 0. The minimum atomic E-state index is -1.24. The van der Waals surface area contributed by atoms with Gasteiger partial charge in [-0.15, -0.1) is 0 Å². The summed E-state index contributed by atoms with van der Waals surface area (Å²) in [6.45, 7) is -0.459. The van der Waals surface area contributed by atoms with E-state index < -0.39 is 36.1 Å². The van der Waals surface area contributed by atoms with Crippen LogP contribution in [0, 0.1) is 0 Å². The molecule has 2 heterocycles. The van der Waals surface area contributed by atoms with Crippen LogP contribution in [0.4, 0.5) is 11.4 Å². The number of carbonyl (C=O) groups is 4. The molecule has 47 heavy (non-hydrogen) atoms. The van der Waals surface area contributed by atoms with Gasteiger partial charge in [-0.1, -0.05) is 30.3 Å². The minimum absolute atomic E-state index is 0.0337. The first-order valence-corrected chi connectivity index (χ1v) is 14.6. The Bertz CT molecular complexity index is 1860. The van der Waals surface area contributed by atoms with Crippen LogP contribution in [0.5, 0.6) is 28.7 Å². The third-order valence-corrected chi connectivity index (χ3v) is 7.93. The second-order valence-corrected chi connectivity index (χ2v) is 10.7. The maximum Gasteiger partial charge on any atom is 0.299 e. The van der Waals surface area contributed by atoms with Gasteiger partial charge in [0.05, 0.1) is 32.6 Å². The lowest BCUT2D eigenvalue weighted by Gasteiger charge is -2.33. The highest BCUT2D eigenvalue weighted by Crippen LogP contribution is 2.37.